The number of carbonyl (C=O) groups is 4. The number of thiazole rings is 1. The molecule has 3 heterocycles. The average molecular weight is 672 g/mol. The Morgan fingerprint density at radius 2 is 1.89 bits per heavy atom. The van der Waals surface area contributed by atoms with E-state index in [1.807, 2.05) is 6.92 Å². The summed E-state index contributed by atoms with van der Waals surface area (Å²) >= 11 is 1.27. The fourth-order valence-corrected chi connectivity index (χ4v) is 7.89. The third kappa shape index (κ3) is 7.17. The Kier molecular flexibility index (Phi) is 9.66. The number of alkyl carbamates (subject to hydrolysis) is 1. The van der Waals surface area contributed by atoms with Crippen molar-refractivity contribution in [2.75, 3.05) is 33.3 Å². The van der Waals surface area contributed by atoms with Crippen LogP contribution in [-0.2, 0) is 37.3 Å². The van der Waals surface area contributed by atoms with Crippen molar-refractivity contribution in [3.8, 4) is 0 Å². The van der Waals surface area contributed by atoms with Crippen LogP contribution < -0.4 is 16.0 Å². The van der Waals surface area contributed by atoms with Gasteiger partial charge in [-0.3, -0.25) is 25.1 Å². The number of hydrogen-bond donors (Lipinski definition) is 5. The molecule has 0 aliphatic carbocycles. The first-order valence-corrected chi connectivity index (χ1v) is 16.6. The molecule has 0 bridgehead atoms. The van der Waals surface area contributed by atoms with Gasteiger partial charge in [0.2, 0.25) is 15.9 Å². The number of piperazine rings is 1. The lowest BCUT2D eigenvalue weighted by molar-refractivity contribution is -0.138. The van der Waals surface area contributed by atoms with Gasteiger partial charge < -0.3 is 25.4 Å². The fourth-order valence-electron chi connectivity index (χ4n) is 5.39. The number of methoxy groups -OCH3 is 1. The number of amides is 3. The summed E-state index contributed by atoms with van der Waals surface area (Å²) in [5, 5.41) is 26.4. The molecule has 2 aliphatic heterocycles. The van der Waals surface area contributed by atoms with Gasteiger partial charge in [0.25, 0.3) is 5.91 Å². The summed E-state index contributed by atoms with van der Waals surface area (Å²) in [7, 11) is -2.90. The number of aromatic nitrogens is 1. The molecular formula is C29H33N7O8S2. The van der Waals surface area contributed by atoms with Crippen molar-refractivity contribution in [2.24, 2.45) is 0 Å². The molecule has 5 rings (SSSR count). The van der Waals surface area contributed by atoms with Gasteiger partial charge in [-0.2, -0.15) is 4.31 Å². The Morgan fingerprint density at radius 1 is 1.15 bits per heavy atom. The maximum atomic E-state index is 13.8. The molecule has 46 heavy (non-hydrogen) atoms. The van der Waals surface area contributed by atoms with Crippen molar-refractivity contribution < 1.29 is 37.4 Å². The van der Waals surface area contributed by atoms with Gasteiger partial charge in [-0.15, -0.1) is 11.3 Å². The highest BCUT2D eigenvalue weighted by Crippen LogP contribution is 2.29. The first kappa shape index (κ1) is 32.9. The van der Waals surface area contributed by atoms with E-state index in [1.54, 1.807) is 24.3 Å². The molecule has 1 saturated heterocycles. The second-order valence-corrected chi connectivity index (χ2v) is 14.0. The second kappa shape index (κ2) is 13.5. The quantitative estimate of drug-likeness (QED) is 0.170. The highest BCUT2D eigenvalue weighted by Gasteiger charge is 2.39. The normalized spacial score (nSPS) is 18.4. The zero-order valence-electron chi connectivity index (χ0n) is 25.0. The monoisotopic (exact) mass is 671 g/mol. The van der Waals surface area contributed by atoms with Crippen molar-refractivity contribution in [1.82, 2.24) is 30.1 Å². The molecule has 0 spiro atoms. The first-order chi connectivity index (χ1) is 21.8. The number of ether oxygens (including phenoxy) is 1. The van der Waals surface area contributed by atoms with Crippen molar-refractivity contribution in [2.45, 2.75) is 43.3 Å². The number of aliphatic carboxylic acids is 1. The van der Waals surface area contributed by atoms with Gasteiger partial charge in [0.15, 0.2) is 5.01 Å². The summed E-state index contributed by atoms with van der Waals surface area (Å²) in [5.41, 5.74) is 1.24. The summed E-state index contributed by atoms with van der Waals surface area (Å²) in [4.78, 5) is 55.8. The van der Waals surface area contributed by atoms with E-state index >= 15 is 0 Å². The maximum Gasteiger partial charge on any atom is 0.412 e. The predicted octanol–water partition coefficient (Wildman–Crippen LogP) is 1.12. The number of nitrogens with zero attached hydrogens (tertiary/aromatic N) is 3. The van der Waals surface area contributed by atoms with Crippen molar-refractivity contribution in [3.05, 3.63) is 57.5 Å². The lowest BCUT2D eigenvalue weighted by atomic mass is 10.1. The molecule has 2 aliphatic rings. The zero-order chi connectivity index (χ0) is 33.2. The Balaban J connectivity index is 1.37. The van der Waals surface area contributed by atoms with E-state index in [9.17, 15) is 27.6 Å². The number of nitrogens with one attached hydrogen (secondary N) is 4. The molecular weight excluding hydrogens is 638 g/mol. The Morgan fingerprint density at radius 3 is 2.63 bits per heavy atom. The van der Waals surface area contributed by atoms with Crippen LogP contribution in [0, 0.1) is 5.41 Å². The summed E-state index contributed by atoms with van der Waals surface area (Å²) < 4.78 is 33.4. The maximum absolute atomic E-state index is 13.8. The Hall–Kier alpha value is -4.45. The molecule has 3 amide bonds. The van der Waals surface area contributed by atoms with E-state index in [1.165, 1.54) is 39.8 Å². The molecule has 0 saturated carbocycles. The molecule has 5 N–H and O–H groups in total. The van der Waals surface area contributed by atoms with Crippen LogP contribution in [0.4, 0.5) is 4.79 Å². The van der Waals surface area contributed by atoms with Gasteiger partial charge in [0.1, 0.15) is 12.4 Å². The number of sulfonamides is 1. The second-order valence-electron chi connectivity index (χ2n) is 11.0. The number of amidine groups is 1. The van der Waals surface area contributed by atoms with Gasteiger partial charge >= 0.3 is 12.1 Å². The van der Waals surface area contributed by atoms with Crippen LogP contribution in [0.1, 0.15) is 39.3 Å². The predicted molar refractivity (Wildman–Crippen MR) is 167 cm³/mol. The van der Waals surface area contributed by atoms with Crippen LogP contribution in [-0.4, -0.2) is 103 Å². The van der Waals surface area contributed by atoms with Crippen LogP contribution in [0.15, 0.2) is 41.3 Å². The number of carboxylic acid groups (broad SMARTS) is 1. The molecule has 2 unspecified atom stereocenters. The first-order valence-electron chi connectivity index (χ1n) is 14.3. The SMILES string of the molecule is COC(=O)NC(=N)c1ccc2cc(S(=O)(=O)N3CCN(C(=O)c4nc5c(s4)CNC(C)C5)C(CC(=O)NCC(=O)O)C3)ccc2c1. The fraction of sp³-hybridized carbons (Fsp3) is 0.379. The van der Waals surface area contributed by atoms with Crippen molar-refractivity contribution in [1.29, 1.82) is 5.41 Å². The lowest BCUT2D eigenvalue weighted by Crippen LogP contribution is -2.57. The molecule has 17 heteroatoms. The number of carboxylic acids is 1. The number of hydrogen-bond acceptors (Lipinski definition) is 11. The summed E-state index contributed by atoms with van der Waals surface area (Å²) in [6, 6.07) is 8.69. The molecule has 1 aromatic heterocycles. The highest BCUT2D eigenvalue weighted by molar-refractivity contribution is 7.89. The number of benzene rings is 2. The summed E-state index contributed by atoms with van der Waals surface area (Å²) in [5.74, 6) is -2.45. The van der Waals surface area contributed by atoms with E-state index in [-0.39, 0.29) is 47.8 Å². The van der Waals surface area contributed by atoms with Crippen molar-refractivity contribution >= 4 is 61.8 Å². The van der Waals surface area contributed by atoms with Gasteiger partial charge in [-0.05, 0) is 35.9 Å². The van der Waals surface area contributed by atoms with Crippen LogP contribution in [0.3, 0.4) is 0 Å². The molecule has 15 nitrogen and oxygen atoms in total. The van der Waals surface area contributed by atoms with Gasteiger partial charge in [-0.1, -0.05) is 18.2 Å². The topological polar surface area (TPSA) is 211 Å². The Bertz CT molecular complexity index is 1830. The minimum absolute atomic E-state index is 0.0000866. The van der Waals surface area contributed by atoms with Crippen LogP contribution in [0.5, 0.6) is 0 Å². The molecule has 244 valence electrons. The third-order valence-corrected chi connectivity index (χ3v) is 10.7. The van der Waals surface area contributed by atoms with E-state index < -0.39 is 46.5 Å². The standard InChI is InChI=1S/C29H33N7O8S2/c1-16-9-22-23(13-31-16)45-27(33-22)28(40)36-8-7-35(15-20(36)12-24(37)32-14-25(38)39)46(42,43)21-6-5-17-10-19(4-3-18(17)11-21)26(30)34-29(41)44-2/h3-6,10-11,16,20,31H,7-9,12-15H2,1-2H3,(H,32,37)(H,38,39)(H2,30,34,41). The van der Waals surface area contributed by atoms with Gasteiger partial charge in [0.05, 0.1) is 23.7 Å². The third-order valence-electron chi connectivity index (χ3n) is 7.79. The molecule has 3 aromatic rings. The van der Waals surface area contributed by atoms with Crippen molar-refractivity contribution in [3.63, 3.8) is 0 Å². The number of fused-ring (bicyclic) bond motifs is 2. The van der Waals surface area contributed by atoms with Gasteiger partial charge in [-0.25, -0.2) is 18.2 Å². The summed E-state index contributed by atoms with van der Waals surface area (Å²) in [6.45, 7) is 1.79. The van der Waals surface area contributed by atoms with E-state index in [4.69, 9.17) is 10.5 Å². The Labute approximate surface area is 268 Å². The van der Waals surface area contributed by atoms with E-state index in [0.717, 1.165) is 10.6 Å². The highest BCUT2D eigenvalue weighted by atomic mass is 32.2. The van der Waals surface area contributed by atoms with E-state index in [0.29, 0.717) is 29.3 Å². The molecule has 0 radical (unpaired) electrons. The smallest absolute Gasteiger partial charge is 0.412 e. The number of carbonyl (C=O) groups excluding carboxylic acids is 3. The van der Waals surface area contributed by atoms with Crippen LogP contribution >= 0.6 is 11.3 Å². The zero-order valence-corrected chi connectivity index (χ0v) is 26.7. The minimum atomic E-state index is -4.08. The summed E-state index contributed by atoms with van der Waals surface area (Å²) in [6.07, 6.45) is -0.420. The lowest BCUT2D eigenvalue weighted by Gasteiger charge is -2.40. The largest absolute Gasteiger partial charge is 0.480 e. The van der Waals surface area contributed by atoms with E-state index in [2.05, 4.69) is 25.7 Å². The van der Waals surface area contributed by atoms with Crippen LogP contribution in [0.2, 0.25) is 0 Å². The van der Waals surface area contributed by atoms with Gasteiger partial charge in [0, 0.05) is 55.5 Å². The minimum Gasteiger partial charge on any atom is -0.480 e. The average Bonchev–Trinajstić information content (AvgIpc) is 3.46. The number of rotatable bonds is 8. The molecule has 2 aromatic carbocycles. The molecule has 1 fully saturated rings. The molecule has 2 atom stereocenters. The van der Waals surface area contributed by atoms with Crippen LogP contribution in [0.25, 0.3) is 10.8 Å².